The smallest absolute Gasteiger partial charge is 0.298 e. The van der Waals surface area contributed by atoms with E-state index >= 15 is 0 Å². The SMILES string of the molecule is C/C(=N/[S+]([O-])C(C)(C)C)c1cccc(C(F)(F)COCCN(C)C)c1F. The molecule has 0 aliphatic carbocycles. The molecule has 1 atom stereocenters. The fraction of sp³-hybridized carbons (Fsp3) is 0.611. The van der Waals surface area contributed by atoms with E-state index in [4.69, 9.17) is 4.74 Å². The summed E-state index contributed by atoms with van der Waals surface area (Å²) in [6, 6.07) is 3.71. The normalized spacial score (nSPS) is 14.8. The van der Waals surface area contributed by atoms with Gasteiger partial charge in [-0.25, -0.2) is 4.39 Å². The van der Waals surface area contributed by atoms with E-state index in [1.54, 1.807) is 39.8 Å². The molecular weight excluding hydrogens is 365 g/mol. The lowest BCUT2D eigenvalue weighted by atomic mass is 10.0. The molecule has 148 valence electrons. The van der Waals surface area contributed by atoms with Crippen LogP contribution >= 0.6 is 0 Å². The fourth-order valence-electron chi connectivity index (χ4n) is 1.93. The van der Waals surface area contributed by atoms with Gasteiger partial charge in [0.2, 0.25) is 0 Å². The monoisotopic (exact) mass is 392 g/mol. The van der Waals surface area contributed by atoms with Crippen LogP contribution in [0.25, 0.3) is 0 Å². The predicted octanol–water partition coefficient (Wildman–Crippen LogP) is 3.77. The third-order valence-electron chi connectivity index (χ3n) is 3.49. The second-order valence-electron chi connectivity index (χ2n) is 7.27. The highest BCUT2D eigenvalue weighted by molar-refractivity contribution is 7.91. The van der Waals surface area contributed by atoms with E-state index in [-0.39, 0.29) is 17.9 Å². The number of halogens is 3. The first-order chi connectivity index (χ1) is 11.9. The number of alkyl halides is 2. The Balaban J connectivity index is 3.03. The second-order valence-corrected chi connectivity index (χ2v) is 9.17. The minimum Gasteiger partial charge on any atom is -0.591 e. The van der Waals surface area contributed by atoms with Crippen molar-refractivity contribution < 1.29 is 22.5 Å². The zero-order valence-corrected chi connectivity index (χ0v) is 16.9. The van der Waals surface area contributed by atoms with Crippen molar-refractivity contribution in [2.24, 2.45) is 4.40 Å². The third kappa shape index (κ3) is 6.57. The van der Waals surface area contributed by atoms with Gasteiger partial charge >= 0.3 is 0 Å². The van der Waals surface area contributed by atoms with Gasteiger partial charge in [0.05, 0.1) is 17.9 Å². The van der Waals surface area contributed by atoms with Crippen LogP contribution in [0.5, 0.6) is 0 Å². The van der Waals surface area contributed by atoms with Gasteiger partial charge in [0.25, 0.3) is 5.92 Å². The molecule has 0 radical (unpaired) electrons. The highest BCUT2D eigenvalue weighted by Gasteiger charge is 2.36. The molecule has 0 aliphatic heterocycles. The van der Waals surface area contributed by atoms with E-state index in [0.29, 0.717) is 6.54 Å². The summed E-state index contributed by atoms with van der Waals surface area (Å²) in [5.74, 6) is -4.54. The van der Waals surface area contributed by atoms with Crippen molar-refractivity contribution in [3.63, 3.8) is 0 Å². The number of nitrogens with zero attached hydrogens (tertiary/aromatic N) is 2. The minimum atomic E-state index is -3.48. The van der Waals surface area contributed by atoms with Crippen LogP contribution in [0.1, 0.15) is 38.8 Å². The quantitative estimate of drug-likeness (QED) is 0.384. The van der Waals surface area contributed by atoms with E-state index in [0.717, 1.165) is 6.07 Å². The molecule has 26 heavy (non-hydrogen) atoms. The van der Waals surface area contributed by atoms with Crippen LogP contribution < -0.4 is 0 Å². The molecule has 0 heterocycles. The first-order valence-corrected chi connectivity index (χ1v) is 9.34. The summed E-state index contributed by atoms with van der Waals surface area (Å²) < 4.78 is 63.8. The zero-order valence-electron chi connectivity index (χ0n) is 16.1. The molecular formula is C18H27F3N2O2S. The molecule has 8 heteroatoms. The molecule has 0 saturated carbocycles. The van der Waals surface area contributed by atoms with Crippen molar-refractivity contribution in [1.29, 1.82) is 0 Å². The first-order valence-electron chi connectivity index (χ1n) is 8.23. The third-order valence-corrected chi connectivity index (χ3v) is 4.98. The van der Waals surface area contributed by atoms with Crippen molar-refractivity contribution in [2.45, 2.75) is 38.4 Å². The lowest BCUT2D eigenvalue weighted by molar-refractivity contribution is -0.0861. The highest BCUT2D eigenvalue weighted by atomic mass is 32.2. The maximum Gasteiger partial charge on any atom is 0.298 e. The van der Waals surface area contributed by atoms with Crippen molar-refractivity contribution in [3.05, 3.63) is 35.1 Å². The van der Waals surface area contributed by atoms with Crippen molar-refractivity contribution in [1.82, 2.24) is 4.90 Å². The minimum absolute atomic E-state index is 0.0898. The van der Waals surface area contributed by atoms with Gasteiger partial charge in [-0.3, -0.25) is 0 Å². The topological polar surface area (TPSA) is 47.9 Å². The fourth-order valence-corrected chi connectivity index (χ4v) is 2.55. The lowest BCUT2D eigenvalue weighted by Crippen LogP contribution is -2.28. The maximum atomic E-state index is 14.7. The number of ether oxygens (including phenoxy) is 1. The van der Waals surface area contributed by atoms with Gasteiger partial charge in [0, 0.05) is 12.1 Å². The van der Waals surface area contributed by atoms with E-state index in [1.165, 1.54) is 19.1 Å². The van der Waals surface area contributed by atoms with Crippen LogP contribution in [0.4, 0.5) is 13.2 Å². The molecule has 0 spiro atoms. The van der Waals surface area contributed by atoms with Gasteiger partial charge < -0.3 is 14.2 Å². The van der Waals surface area contributed by atoms with Gasteiger partial charge in [0.15, 0.2) is 0 Å². The summed E-state index contributed by atoms with van der Waals surface area (Å²) in [7, 11) is 3.60. The van der Waals surface area contributed by atoms with Crippen molar-refractivity contribution in [3.8, 4) is 0 Å². The predicted molar refractivity (Wildman–Crippen MR) is 99.8 cm³/mol. The summed E-state index contributed by atoms with van der Waals surface area (Å²) in [6.45, 7) is 6.34. The van der Waals surface area contributed by atoms with Crippen LogP contribution in [-0.4, -0.2) is 53.8 Å². The Hall–Kier alpha value is -1.09. The Morgan fingerprint density at radius 3 is 2.42 bits per heavy atom. The summed E-state index contributed by atoms with van der Waals surface area (Å²) in [6.07, 6.45) is 0. The summed E-state index contributed by atoms with van der Waals surface area (Å²) in [5, 5.41) is 0. The molecule has 0 fully saturated rings. The van der Waals surface area contributed by atoms with Crippen LogP contribution in [-0.2, 0) is 22.0 Å². The molecule has 0 bridgehead atoms. The summed E-state index contributed by atoms with van der Waals surface area (Å²) in [4.78, 5) is 1.80. The lowest BCUT2D eigenvalue weighted by Gasteiger charge is -2.20. The van der Waals surface area contributed by atoms with Gasteiger partial charge in [-0.05, 0) is 47.9 Å². The number of rotatable bonds is 8. The van der Waals surface area contributed by atoms with Crippen LogP contribution in [0.15, 0.2) is 22.6 Å². The van der Waals surface area contributed by atoms with Crippen LogP contribution in [0.3, 0.4) is 0 Å². The average Bonchev–Trinajstić information content (AvgIpc) is 2.50. The molecule has 1 aromatic carbocycles. The molecule has 0 amide bonds. The van der Waals surface area contributed by atoms with Gasteiger partial charge in [0.1, 0.15) is 28.5 Å². The standard InChI is InChI=1S/C18H27F3N2O2S/c1-13(22-26(24)17(2,3)4)14-8-7-9-15(16(14)19)18(20,21)12-25-11-10-23(5)6/h7-9H,10-12H2,1-6H3/b22-13-. The number of hydrogen-bond donors (Lipinski definition) is 0. The Morgan fingerprint density at radius 1 is 1.27 bits per heavy atom. The first kappa shape index (κ1) is 23.0. The molecule has 4 nitrogen and oxygen atoms in total. The summed E-state index contributed by atoms with van der Waals surface area (Å²) in [5.41, 5.74) is -0.731. The van der Waals surface area contributed by atoms with Crippen molar-refractivity contribution in [2.75, 3.05) is 33.9 Å². The zero-order chi connectivity index (χ0) is 20.1. The molecule has 1 aromatic rings. The van der Waals surface area contributed by atoms with Crippen LogP contribution in [0.2, 0.25) is 0 Å². The summed E-state index contributed by atoms with van der Waals surface area (Å²) >= 11 is -1.61. The van der Waals surface area contributed by atoms with Gasteiger partial charge in [-0.1, -0.05) is 16.5 Å². The maximum absolute atomic E-state index is 14.7. The Bertz CT molecular complexity index is 631. The molecule has 0 aromatic heterocycles. The molecule has 0 N–H and O–H groups in total. The van der Waals surface area contributed by atoms with E-state index in [9.17, 15) is 17.7 Å². The number of likely N-dealkylation sites (N-methyl/N-ethyl adjacent to an activating group) is 1. The second kappa shape index (κ2) is 9.21. The largest absolute Gasteiger partial charge is 0.591 e. The Morgan fingerprint density at radius 2 is 1.88 bits per heavy atom. The Labute approximate surface area is 156 Å². The van der Waals surface area contributed by atoms with E-state index in [1.807, 2.05) is 0 Å². The van der Waals surface area contributed by atoms with Crippen molar-refractivity contribution >= 4 is 17.1 Å². The molecule has 0 saturated heterocycles. The molecule has 0 aliphatic rings. The Kier molecular flexibility index (Phi) is 8.13. The molecule has 1 rings (SSSR count). The van der Waals surface area contributed by atoms with Gasteiger partial charge in [-0.15, -0.1) is 0 Å². The van der Waals surface area contributed by atoms with E-state index in [2.05, 4.69) is 4.40 Å². The van der Waals surface area contributed by atoms with Crippen LogP contribution in [0, 0.1) is 5.82 Å². The average molecular weight is 392 g/mol. The van der Waals surface area contributed by atoms with E-state index < -0.39 is 40.0 Å². The molecule has 1 unspecified atom stereocenters. The number of benzene rings is 1. The number of hydrogen-bond acceptors (Lipinski definition) is 4. The highest BCUT2D eigenvalue weighted by Crippen LogP contribution is 2.32. The van der Waals surface area contributed by atoms with Gasteiger partial charge in [-0.2, -0.15) is 8.78 Å².